The molecule has 170 valence electrons. The van der Waals surface area contributed by atoms with E-state index in [0.717, 1.165) is 60.4 Å². The molecule has 0 aliphatic heterocycles. The van der Waals surface area contributed by atoms with Crippen molar-refractivity contribution in [1.82, 2.24) is 14.7 Å². The molecule has 3 aromatic rings. The van der Waals surface area contributed by atoms with Gasteiger partial charge in [-0.05, 0) is 62.8 Å². The van der Waals surface area contributed by atoms with E-state index in [-0.39, 0.29) is 6.10 Å². The summed E-state index contributed by atoms with van der Waals surface area (Å²) in [6.07, 6.45) is 3.85. The van der Waals surface area contributed by atoms with Gasteiger partial charge in [0, 0.05) is 19.6 Å². The van der Waals surface area contributed by atoms with Crippen LogP contribution in [0.3, 0.4) is 0 Å². The Hall–Kier alpha value is -2.63. The van der Waals surface area contributed by atoms with Crippen LogP contribution >= 0.6 is 0 Å². The number of benzene rings is 2. The highest BCUT2D eigenvalue weighted by Gasteiger charge is 2.28. The van der Waals surface area contributed by atoms with Crippen LogP contribution in [0.4, 0.5) is 0 Å². The van der Waals surface area contributed by atoms with Gasteiger partial charge in [0.2, 0.25) is 5.88 Å². The lowest BCUT2D eigenvalue weighted by atomic mass is 10.1. The van der Waals surface area contributed by atoms with Crippen molar-refractivity contribution in [2.24, 2.45) is 5.92 Å². The highest BCUT2D eigenvalue weighted by Crippen LogP contribution is 2.34. The molecule has 1 unspecified atom stereocenters. The Morgan fingerprint density at radius 3 is 2.44 bits per heavy atom. The van der Waals surface area contributed by atoms with E-state index in [1.54, 1.807) is 0 Å². The van der Waals surface area contributed by atoms with E-state index in [2.05, 4.69) is 43.0 Å². The smallest absolute Gasteiger partial charge is 0.227 e. The first kappa shape index (κ1) is 22.6. The number of aryl methyl sites for hydroxylation is 2. The number of aliphatic hydroxyl groups is 1. The quantitative estimate of drug-likeness (QED) is 0.433. The minimum Gasteiger partial charge on any atom is -0.439 e. The van der Waals surface area contributed by atoms with Crippen LogP contribution in [0.1, 0.15) is 49.9 Å². The van der Waals surface area contributed by atoms with Gasteiger partial charge < -0.3 is 9.84 Å². The Morgan fingerprint density at radius 1 is 1.09 bits per heavy atom. The van der Waals surface area contributed by atoms with Gasteiger partial charge in [0.05, 0.1) is 23.0 Å². The predicted octanol–water partition coefficient (Wildman–Crippen LogP) is 5.52. The molecular weight excluding hydrogens is 398 g/mol. The first-order chi connectivity index (χ1) is 15.6. The Labute approximate surface area is 191 Å². The maximum Gasteiger partial charge on any atom is 0.227 e. The molecule has 2 aromatic carbocycles. The summed E-state index contributed by atoms with van der Waals surface area (Å²) in [5.41, 5.74) is 4.34. The lowest BCUT2D eigenvalue weighted by molar-refractivity contribution is 0.102. The number of nitrogens with zero attached hydrogens (tertiary/aromatic N) is 3. The summed E-state index contributed by atoms with van der Waals surface area (Å²) in [7, 11) is 0. The number of aliphatic hydroxyl groups excluding tert-OH is 1. The standard InChI is InChI=1S/C27H35N3O2/c1-4-23(31)18-29(17-21-13-14-21)19-25-26(5-2)28-30(22-9-7-6-8-10-22)27(25)32-24-15-11-20(3)12-16-24/h6-12,15-16,21,23,31H,4-5,13-14,17-19H2,1-3H3. The fourth-order valence-corrected chi connectivity index (χ4v) is 4.01. The molecule has 1 aromatic heterocycles. The molecule has 0 radical (unpaired) electrons. The van der Waals surface area contributed by atoms with Gasteiger partial charge >= 0.3 is 0 Å². The van der Waals surface area contributed by atoms with Crippen LogP contribution in [0.5, 0.6) is 11.6 Å². The first-order valence-electron chi connectivity index (χ1n) is 11.9. The molecule has 1 aliphatic rings. The lowest BCUT2D eigenvalue weighted by Gasteiger charge is -2.25. The second-order valence-electron chi connectivity index (χ2n) is 8.95. The number of para-hydroxylation sites is 1. The van der Waals surface area contributed by atoms with Crippen LogP contribution < -0.4 is 4.74 Å². The molecule has 1 aliphatic carbocycles. The second kappa shape index (κ2) is 10.3. The first-order valence-corrected chi connectivity index (χ1v) is 11.9. The van der Waals surface area contributed by atoms with Crippen molar-refractivity contribution in [3.63, 3.8) is 0 Å². The van der Waals surface area contributed by atoms with E-state index < -0.39 is 0 Å². The molecule has 5 nitrogen and oxygen atoms in total. The normalized spacial score (nSPS) is 14.7. The van der Waals surface area contributed by atoms with Gasteiger partial charge in [-0.2, -0.15) is 5.10 Å². The number of aromatic nitrogens is 2. The monoisotopic (exact) mass is 433 g/mol. The molecular formula is C27H35N3O2. The van der Waals surface area contributed by atoms with Crippen LogP contribution in [-0.2, 0) is 13.0 Å². The zero-order chi connectivity index (χ0) is 22.5. The fraction of sp³-hybridized carbons (Fsp3) is 0.444. The van der Waals surface area contributed by atoms with Crippen molar-refractivity contribution in [2.45, 2.75) is 59.1 Å². The maximum atomic E-state index is 10.4. The zero-order valence-corrected chi connectivity index (χ0v) is 19.5. The SMILES string of the molecule is CCc1nn(-c2ccccc2)c(Oc2ccc(C)cc2)c1CN(CC(O)CC)CC1CC1. The van der Waals surface area contributed by atoms with E-state index in [4.69, 9.17) is 9.84 Å². The van der Waals surface area contributed by atoms with Gasteiger partial charge in [0.1, 0.15) is 5.75 Å². The molecule has 1 saturated carbocycles. The lowest BCUT2D eigenvalue weighted by Crippen LogP contribution is -2.33. The molecule has 0 amide bonds. The Balaban J connectivity index is 1.73. The van der Waals surface area contributed by atoms with Gasteiger partial charge in [-0.15, -0.1) is 0 Å². The fourth-order valence-electron chi connectivity index (χ4n) is 4.01. The van der Waals surface area contributed by atoms with Gasteiger partial charge in [-0.1, -0.05) is 49.7 Å². The molecule has 32 heavy (non-hydrogen) atoms. The molecule has 0 saturated heterocycles. The van der Waals surface area contributed by atoms with Crippen LogP contribution in [0.25, 0.3) is 5.69 Å². The van der Waals surface area contributed by atoms with Gasteiger partial charge in [-0.25, -0.2) is 4.68 Å². The average molecular weight is 434 g/mol. The highest BCUT2D eigenvalue weighted by atomic mass is 16.5. The van der Waals surface area contributed by atoms with E-state index >= 15 is 0 Å². The molecule has 1 heterocycles. The van der Waals surface area contributed by atoms with Crippen molar-refractivity contribution >= 4 is 0 Å². The summed E-state index contributed by atoms with van der Waals surface area (Å²) in [4.78, 5) is 2.39. The van der Waals surface area contributed by atoms with E-state index in [0.29, 0.717) is 6.54 Å². The number of hydrogen-bond donors (Lipinski definition) is 1. The average Bonchev–Trinajstić information content (AvgIpc) is 3.57. The molecule has 1 N–H and O–H groups in total. The highest BCUT2D eigenvalue weighted by molar-refractivity contribution is 5.44. The molecule has 1 fully saturated rings. The molecule has 0 bridgehead atoms. The van der Waals surface area contributed by atoms with Crippen molar-refractivity contribution < 1.29 is 9.84 Å². The predicted molar refractivity (Wildman–Crippen MR) is 128 cm³/mol. The summed E-state index contributed by atoms with van der Waals surface area (Å²) in [5.74, 6) is 2.32. The zero-order valence-electron chi connectivity index (χ0n) is 19.5. The van der Waals surface area contributed by atoms with Gasteiger partial charge in [0.15, 0.2) is 0 Å². The largest absolute Gasteiger partial charge is 0.439 e. The molecule has 4 rings (SSSR count). The van der Waals surface area contributed by atoms with E-state index in [9.17, 15) is 5.11 Å². The van der Waals surface area contributed by atoms with Crippen molar-refractivity contribution in [3.05, 3.63) is 71.4 Å². The summed E-state index contributed by atoms with van der Waals surface area (Å²) < 4.78 is 8.43. The summed E-state index contributed by atoms with van der Waals surface area (Å²) >= 11 is 0. The summed E-state index contributed by atoms with van der Waals surface area (Å²) in [6, 6.07) is 18.3. The van der Waals surface area contributed by atoms with Crippen LogP contribution in [-0.4, -0.2) is 39.0 Å². The second-order valence-corrected chi connectivity index (χ2v) is 8.95. The summed E-state index contributed by atoms with van der Waals surface area (Å²) in [5, 5.41) is 15.3. The van der Waals surface area contributed by atoms with E-state index in [1.165, 1.54) is 18.4 Å². The topological polar surface area (TPSA) is 50.5 Å². The van der Waals surface area contributed by atoms with Crippen molar-refractivity contribution in [3.8, 4) is 17.3 Å². The Bertz CT molecular complexity index is 994. The Morgan fingerprint density at radius 2 is 1.81 bits per heavy atom. The summed E-state index contributed by atoms with van der Waals surface area (Å²) in [6.45, 7) is 8.68. The minimum absolute atomic E-state index is 0.315. The maximum absolute atomic E-state index is 10.4. The third-order valence-corrected chi connectivity index (χ3v) is 6.13. The molecule has 0 spiro atoms. The number of ether oxygens (including phenoxy) is 1. The van der Waals surface area contributed by atoms with Crippen molar-refractivity contribution in [2.75, 3.05) is 13.1 Å². The van der Waals surface area contributed by atoms with Crippen LogP contribution in [0, 0.1) is 12.8 Å². The Kier molecular flexibility index (Phi) is 7.28. The van der Waals surface area contributed by atoms with Crippen LogP contribution in [0.15, 0.2) is 54.6 Å². The molecule has 5 heteroatoms. The van der Waals surface area contributed by atoms with Crippen molar-refractivity contribution in [1.29, 1.82) is 0 Å². The van der Waals surface area contributed by atoms with Gasteiger partial charge in [0.25, 0.3) is 0 Å². The van der Waals surface area contributed by atoms with Gasteiger partial charge in [-0.3, -0.25) is 4.90 Å². The minimum atomic E-state index is -0.315. The number of hydrogen-bond acceptors (Lipinski definition) is 4. The third-order valence-electron chi connectivity index (χ3n) is 6.13. The van der Waals surface area contributed by atoms with E-state index in [1.807, 2.05) is 41.9 Å². The van der Waals surface area contributed by atoms with Crippen LogP contribution in [0.2, 0.25) is 0 Å². The number of rotatable bonds is 11. The molecule has 1 atom stereocenters. The third kappa shape index (κ3) is 5.59.